The zero-order chi connectivity index (χ0) is 13.2. The van der Waals surface area contributed by atoms with Crippen LogP contribution in [0.2, 0.25) is 0 Å². The van der Waals surface area contributed by atoms with Gasteiger partial charge in [0.05, 0.1) is 6.61 Å². The standard InChI is InChI=1S/C14H26N2O2/c1-3-18-13(17)14(15)7-4-12(10-14)16-8-5-11(2)6-9-16/h11-12H,3-10,15H2,1-2H3. The lowest BCUT2D eigenvalue weighted by atomic mass is 9.96. The molecule has 0 aromatic rings. The van der Waals surface area contributed by atoms with Crippen LogP contribution in [0.1, 0.15) is 46.0 Å². The molecule has 4 nitrogen and oxygen atoms in total. The number of rotatable bonds is 3. The van der Waals surface area contributed by atoms with Crippen molar-refractivity contribution in [1.82, 2.24) is 4.90 Å². The van der Waals surface area contributed by atoms with Crippen LogP contribution in [0.25, 0.3) is 0 Å². The number of carbonyl (C=O) groups excluding carboxylic acids is 1. The zero-order valence-corrected chi connectivity index (χ0v) is 11.7. The minimum absolute atomic E-state index is 0.210. The molecule has 0 aromatic carbocycles. The van der Waals surface area contributed by atoms with Gasteiger partial charge in [0.15, 0.2) is 0 Å². The molecule has 0 spiro atoms. The molecule has 2 atom stereocenters. The lowest BCUT2D eigenvalue weighted by molar-refractivity contribution is -0.149. The van der Waals surface area contributed by atoms with Gasteiger partial charge in [0, 0.05) is 6.04 Å². The predicted octanol–water partition coefficient (Wildman–Crippen LogP) is 1.53. The zero-order valence-electron chi connectivity index (χ0n) is 11.7. The number of nitrogens with two attached hydrogens (primary N) is 1. The number of carbonyl (C=O) groups is 1. The van der Waals surface area contributed by atoms with Crippen molar-refractivity contribution in [3.63, 3.8) is 0 Å². The van der Waals surface area contributed by atoms with Crippen molar-refractivity contribution in [2.45, 2.75) is 57.5 Å². The highest BCUT2D eigenvalue weighted by atomic mass is 16.5. The first-order valence-electron chi connectivity index (χ1n) is 7.25. The van der Waals surface area contributed by atoms with E-state index in [1.165, 1.54) is 12.8 Å². The highest BCUT2D eigenvalue weighted by Crippen LogP contribution is 2.34. The minimum Gasteiger partial charge on any atom is -0.465 e. The third-order valence-corrected chi connectivity index (χ3v) is 4.54. The van der Waals surface area contributed by atoms with Crippen molar-refractivity contribution < 1.29 is 9.53 Å². The lowest BCUT2D eigenvalue weighted by Crippen LogP contribution is -2.49. The summed E-state index contributed by atoms with van der Waals surface area (Å²) in [6.45, 7) is 6.89. The second kappa shape index (κ2) is 5.57. The van der Waals surface area contributed by atoms with Gasteiger partial charge in [-0.05, 0) is 58.0 Å². The first-order valence-corrected chi connectivity index (χ1v) is 7.25. The Morgan fingerprint density at radius 2 is 2.06 bits per heavy atom. The van der Waals surface area contributed by atoms with Crippen LogP contribution < -0.4 is 5.73 Å². The summed E-state index contributed by atoms with van der Waals surface area (Å²) in [7, 11) is 0. The van der Waals surface area contributed by atoms with Gasteiger partial charge in [-0.15, -0.1) is 0 Å². The Labute approximate surface area is 110 Å². The van der Waals surface area contributed by atoms with Gasteiger partial charge >= 0.3 is 5.97 Å². The molecule has 1 heterocycles. The summed E-state index contributed by atoms with van der Waals surface area (Å²) in [6, 6.07) is 0.479. The number of nitrogens with zero attached hydrogens (tertiary/aromatic N) is 1. The largest absolute Gasteiger partial charge is 0.465 e. The van der Waals surface area contributed by atoms with Gasteiger partial charge in [-0.1, -0.05) is 6.92 Å². The van der Waals surface area contributed by atoms with Crippen LogP contribution in [0.4, 0.5) is 0 Å². The average Bonchev–Trinajstić information content (AvgIpc) is 2.75. The van der Waals surface area contributed by atoms with Gasteiger partial charge in [0.1, 0.15) is 5.54 Å². The number of likely N-dealkylation sites (tertiary alicyclic amines) is 1. The van der Waals surface area contributed by atoms with Crippen molar-refractivity contribution in [3.05, 3.63) is 0 Å². The summed E-state index contributed by atoms with van der Waals surface area (Å²) in [6.07, 6.45) is 5.10. The van der Waals surface area contributed by atoms with Crippen molar-refractivity contribution in [1.29, 1.82) is 0 Å². The van der Waals surface area contributed by atoms with Crippen molar-refractivity contribution in [3.8, 4) is 0 Å². The molecule has 2 fully saturated rings. The van der Waals surface area contributed by atoms with Crippen LogP contribution in [0, 0.1) is 5.92 Å². The normalized spacial score (nSPS) is 34.7. The molecule has 1 saturated heterocycles. The van der Waals surface area contributed by atoms with Crippen LogP contribution in [-0.4, -0.2) is 42.1 Å². The molecule has 4 heteroatoms. The molecule has 1 saturated carbocycles. The summed E-state index contributed by atoms with van der Waals surface area (Å²) in [5.74, 6) is 0.633. The van der Waals surface area contributed by atoms with E-state index in [1.54, 1.807) is 0 Å². The Hall–Kier alpha value is -0.610. The van der Waals surface area contributed by atoms with E-state index in [1.807, 2.05) is 6.92 Å². The quantitative estimate of drug-likeness (QED) is 0.776. The summed E-state index contributed by atoms with van der Waals surface area (Å²) in [5.41, 5.74) is 5.48. The molecular formula is C14H26N2O2. The van der Waals surface area contributed by atoms with E-state index in [4.69, 9.17) is 10.5 Å². The van der Waals surface area contributed by atoms with Gasteiger partial charge in [0.25, 0.3) is 0 Å². The lowest BCUT2D eigenvalue weighted by Gasteiger charge is -2.35. The Bertz CT molecular complexity index is 300. The molecule has 2 aliphatic rings. The van der Waals surface area contributed by atoms with Gasteiger partial charge < -0.3 is 15.4 Å². The molecule has 0 bridgehead atoms. The smallest absolute Gasteiger partial charge is 0.326 e. The highest BCUT2D eigenvalue weighted by Gasteiger charge is 2.45. The second-order valence-corrected chi connectivity index (χ2v) is 5.99. The van der Waals surface area contributed by atoms with E-state index in [2.05, 4.69) is 11.8 Å². The highest BCUT2D eigenvalue weighted by molar-refractivity contribution is 5.81. The summed E-state index contributed by atoms with van der Waals surface area (Å²) >= 11 is 0. The molecule has 1 aliphatic heterocycles. The molecule has 2 unspecified atom stereocenters. The van der Waals surface area contributed by atoms with Crippen LogP contribution in [-0.2, 0) is 9.53 Å². The molecule has 2 N–H and O–H groups in total. The van der Waals surface area contributed by atoms with Crippen LogP contribution in [0.15, 0.2) is 0 Å². The topological polar surface area (TPSA) is 55.6 Å². The summed E-state index contributed by atoms with van der Waals surface area (Å²) in [4.78, 5) is 14.4. The van der Waals surface area contributed by atoms with Gasteiger partial charge in [-0.2, -0.15) is 0 Å². The number of hydrogen-bond donors (Lipinski definition) is 1. The fourth-order valence-corrected chi connectivity index (χ4v) is 3.21. The monoisotopic (exact) mass is 254 g/mol. The maximum Gasteiger partial charge on any atom is 0.326 e. The molecule has 18 heavy (non-hydrogen) atoms. The molecule has 104 valence electrons. The Balaban J connectivity index is 1.89. The molecular weight excluding hydrogens is 228 g/mol. The molecule has 0 amide bonds. The second-order valence-electron chi connectivity index (χ2n) is 5.99. The number of hydrogen-bond acceptors (Lipinski definition) is 4. The maximum atomic E-state index is 11.9. The third kappa shape index (κ3) is 2.86. The van der Waals surface area contributed by atoms with Crippen molar-refractivity contribution >= 4 is 5.97 Å². The fourth-order valence-electron chi connectivity index (χ4n) is 3.21. The minimum atomic E-state index is -0.732. The van der Waals surface area contributed by atoms with Gasteiger partial charge in [0.2, 0.25) is 0 Å². The Morgan fingerprint density at radius 3 is 2.67 bits per heavy atom. The van der Waals surface area contributed by atoms with Crippen LogP contribution in [0.5, 0.6) is 0 Å². The average molecular weight is 254 g/mol. The first-order chi connectivity index (χ1) is 8.55. The summed E-state index contributed by atoms with van der Waals surface area (Å²) in [5, 5.41) is 0. The molecule has 0 radical (unpaired) electrons. The van der Waals surface area contributed by atoms with Crippen molar-refractivity contribution in [2.75, 3.05) is 19.7 Å². The number of ether oxygens (including phenoxy) is 1. The van der Waals surface area contributed by atoms with Crippen LogP contribution in [0.3, 0.4) is 0 Å². The Kier molecular flexibility index (Phi) is 4.28. The SMILES string of the molecule is CCOC(=O)C1(N)CCC(N2CCC(C)CC2)C1. The van der Waals surface area contributed by atoms with E-state index in [-0.39, 0.29) is 5.97 Å². The van der Waals surface area contributed by atoms with Crippen molar-refractivity contribution in [2.24, 2.45) is 11.7 Å². The van der Waals surface area contributed by atoms with Gasteiger partial charge in [-0.25, -0.2) is 0 Å². The summed E-state index contributed by atoms with van der Waals surface area (Å²) < 4.78 is 5.10. The number of esters is 1. The molecule has 0 aromatic heterocycles. The van der Waals surface area contributed by atoms with E-state index in [9.17, 15) is 4.79 Å². The van der Waals surface area contributed by atoms with E-state index in [0.29, 0.717) is 12.6 Å². The molecule has 1 aliphatic carbocycles. The van der Waals surface area contributed by atoms with Crippen LogP contribution >= 0.6 is 0 Å². The van der Waals surface area contributed by atoms with Gasteiger partial charge in [-0.3, -0.25) is 4.79 Å². The molecule has 2 rings (SSSR count). The number of piperidine rings is 1. The van der Waals surface area contributed by atoms with E-state index >= 15 is 0 Å². The first kappa shape index (κ1) is 13.8. The van der Waals surface area contributed by atoms with E-state index < -0.39 is 5.54 Å². The van der Waals surface area contributed by atoms with E-state index in [0.717, 1.165) is 38.3 Å². The third-order valence-electron chi connectivity index (χ3n) is 4.54. The Morgan fingerprint density at radius 1 is 1.39 bits per heavy atom. The predicted molar refractivity (Wildman–Crippen MR) is 71.2 cm³/mol. The maximum absolute atomic E-state index is 11.9. The fraction of sp³-hybridized carbons (Fsp3) is 0.929.